The van der Waals surface area contributed by atoms with Gasteiger partial charge in [0.1, 0.15) is 31.3 Å². The van der Waals surface area contributed by atoms with Gasteiger partial charge in [-0.1, -0.05) is 12.1 Å². The van der Waals surface area contributed by atoms with Crippen LogP contribution in [0.4, 0.5) is 11.4 Å². The molecule has 3 aliphatic rings. The summed E-state index contributed by atoms with van der Waals surface area (Å²) in [5.41, 5.74) is 3.66. The van der Waals surface area contributed by atoms with E-state index in [2.05, 4.69) is 61.7 Å². The first-order valence-corrected chi connectivity index (χ1v) is 14.8. The van der Waals surface area contributed by atoms with Crippen molar-refractivity contribution in [2.75, 3.05) is 62.3 Å². The fraction of sp³-hybridized carbons (Fsp3) is 0.516. The number of aldehydes is 1. The molecule has 2 atom stereocenters. The quantitative estimate of drug-likeness (QED) is 0.355. The molecule has 0 spiro atoms. The van der Waals surface area contributed by atoms with Gasteiger partial charge in [0.05, 0.1) is 19.0 Å². The van der Waals surface area contributed by atoms with Gasteiger partial charge in [0.2, 0.25) is 0 Å². The minimum atomic E-state index is -0.723. The normalized spacial score (nSPS) is 23.6. The van der Waals surface area contributed by atoms with Gasteiger partial charge < -0.3 is 34.1 Å². The molecule has 0 aliphatic carbocycles. The number of piperidine rings is 1. The van der Waals surface area contributed by atoms with Crippen LogP contribution in [-0.2, 0) is 27.2 Å². The Hall–Kier alpha value is -3.47. The molecule has 0 bridgehead atoms. The zero-order valence-corrected chi connectivity index (χ0v) is 23.6. The van der Waals surface area contributed by atoms with Crippen molar-refractivity contribution in [3.05, 3.63) is 66.5 Å². The van der Waals surface area contributed by atoms with E-state index >= 15 is 0 Å². The van der Waals surface area contributed by atoms with Crippen molar-refractivity contribution >= 4 is 17.7 Å². The Kier molecular flexibility index (Phi) is 8.79. The molecule has 2 aromatic carbocycles. The van der Waals surface area contributed by atoms with E-state index in [9.17, 15) is 4.79 Å². The van der Waals surface area contributed by atoms with E-state index in [-0.39, 0.29) is 12.0 Å². The average Bonchev–Trinajstić information content (AvgIpc) is 3.71. The number of carbonyl (C=O) groups excluding carboxylic acids is 1. The number of nitrogens with zero attached hydrogens (tertiary/aromatic N) is 5. The van der Waals surface area contributed by atoms with Gasteiger partial charge in [0, 0.05) is 49.9 Å². The first-order chi connectivity index (χ1) is 20.2. The lowest BCUT2D eigenvalue weighted by molar-refractivity contribution is -0.223. The summed E-state index contributed by atoms with van der Waals surface area (Å²) in [7, 11) is 0. The summed E-state index contributed by atoms with van der Waals surface area (Å²) in [6.45, 7) is 7.20. The molecule has 10 nitrogen and oxygen atoms in total. The van der Waals surface area contributed by atoms with E-state index in [4.69, 9.17) is 14.2 Å². The number of aryl methyl sites for hydroxylation is 1. The van der Waals surface area contributed by atoms with Crippen LogP contribution in [-0.4, -0.2) is 85.7 Å². The number of nitrogens with one attached hydrogen (secondary N) is 1. The van der Waals surface area contributed by atoms with Crippen molar-refractivity contribution in [1.82, 2.24) is 20.3 Å². The molecular weight excluding hydrogens is 520 g/mol. The summed E-state index contributed by atoms with van der Waals surface area (Å²) in [5.74, 6) is 0.394. The SMILES string of the molecule is O=CCCc1ccc(N2CCN(c3ccc(OCC4COC(Cn5nccn5)(C5CCNCC5)O4)cc3)CC2)cc1. The van der Waals surface area contributed by atoms with Gasteiger partial charge in [-0.3, -0.25) is 0 Å². The van der Waals surface area contributed by atoms with E-state index in [0.29, 0.717) is 26.2 Å². The lowest BCUT2D eigenvalue weighted by Crippen LogP contribution is -2.48. The number of hydrogen-bond donors (Lipinski definition) is 1. The largest absolute Gasteiger partial charge is 0.491 e. The topological polar surface area (TPSA) is 94.0 Å². The van der Waals surface area contributed by atoms with Crippen LogP contribution in [0.1, 0.15) is 24.8 Å². The summed E-state index contributed by atoms with van der Waals surface area (Å²) < 4.78 is 19.1. The van der Waals surface area contributed by atoms with Crippen molar-refractivity contribution in [3.63, 3.8) is 0 Å². The maximum Gasteiger partial charge on any atom is 0.193 e. The Morgan fingerprint density at radius 2 is 1.56 bits per heavy atom. The fourth-order valence-corrected chi connectivity index (χ4v) is 6.14. The van der Waals surface area contributed by atoms with E-state index < -0.39 is 5.79 Å². The lowest BCUT2D eigenvalue weighted by atomic mass is 9.89. The maximum absolute atomic E-state index is 10.6. The van der Waals surface area contributed by atoms with Gasteiger partial charge in [-0.15, -0.1) is 0 Å². The molecule has 3 fully saturated rings. The molecule has 4 heterocycles. The Bertz CT molecular complexity index is 1220. The van der Waals surface area contributed by atoms with E-state index in [1.54, 1.807) is 17.2 Å². The standard InChI is InChI=1S/C31H40N6O4/c38-21-1-2-25-3-5-27(6-4-25)35-17-19-36(20-18-35)28-7-9-29(10-8-28)39-22-30-23-40-31(41-30,24-37-33-15-16-34-37)26-11-13-32-14-12-26/h3-10,15-16,21,26,30,32H,1-2,11-14,17-20,22-24H2. The number of piperazine rings is 1. The second-order valence-corrected chi connectivity index (χ2v) is 11.1. The highest BCUT2D eigenvalue weighted by Gasteiger charge is 2.49. The molecular formula is C31H40N6O4. The van der Waals surface area contributed by atoms with Crippen molar-refractivity contribution in [2.24, 2.45) is 5.92 Å². The molecule has 10 heteroatoms. The predicted octanol–water partition coefficient (Wildman–Crippen LogP) is 2.93. The van der Waals surface area contributed by atoms with Gasteiger partial charge >= 0.3 is 0 Å². The number of benzene rings is 2. The van der Waals surface area contributed by atoms with Crippen LogP contribution in [0.2, 0.25) is 0 Å². The average molecular weight is 561 g/mol. The zero-order chi connectivity index (χ0) is 27.9. The molecule has 1 aromatic heterocycles. The smallest absolute Gasteiger partial charge is 0.193 e. The molecule has 2 unspecified atom stereocenters. The summed E-state index contributed by atoms with van der Waals surface area (Å²) in [6, 6.07) is 17.0. The van der Waals surface area contributed by atoms with E-state index in [0.717, 1.165) is 70.6 Å². The molecule has 0 amide bonds. The Morgan fingerprint density at radius 1 is 0.927 bits per heavy atom. The molecule has 3 aromatic rings. The third-order valence-electron chi connectivity index (χ3n) is 8.44. The van der Waals surface area contributed by atoms with Gasteiger partial charge in [0.25, 0.3) is 0 Å². The fourth-order valence-electron chi connectivity index (χ4n) is 6.14. The number of hydrogen-bond acceptors (Lipinski definition) is 9. The molecule has 3 aliphatic heterocycles. The van der Waals surface area contributed by atoms with Crippen LogP contribution < -0.4 is 19.9 Å². The summed E-state index contributed by atoms with van der Waals surface area (Å²) in [4.78, 5) is 17.1. The number of rotatable bonds is 11. The van der Waals surface area contributed by atoms with Crippen LogP contribution in [0.3, 0.4) is 0 Å². The Morgan fingerprint density at radius 3 is 2.20 bits per heavy atom. The van der Waals surface area contributed by atoms with Gasteiger partial charge in [-0.05, 0) is 74.3 Å². The highest BCUT2D eigenvalue weighted by Crippen LogP contribution is 2.38. The monoisotopic (exact) mass is 560 g/mol. The van der Waals surface area contributed by atoms with Gasteiger partial charge in [-0.25, -0.2) is 0 Å². The number of aromatic nitrogens is 3. The predicted molar refractivity (Wildman–Crippen MR) is 156 cm³/mol. The first kappa shape index (κ1) is 27.7. The van der Waals surface area contributed by atoms with Crippen LogP contribution in [0.25, 0.3) is 0 Å². The minimum Gasteiger partial charge on any atom is -0.491 e. The first-order valence-electron chi connectivity index (χ1n) is 14.8. The zero-order valence-electron chi connectivity index (χ0n) is 23.6. The van der Waals surface area contributed by atoms with Crippen molar-refractivity contribution in [2.45, 2.75) is 44.1 Å². The molecule has 6 rings (SSSR count). The molecule has 1 N–H and O–H groups in total. The number of ether oxygens (including phenoxy) is 3. The molecule has 218 valence electrons. The number of anilines is 2. The van der Waals surface area contributed by atoms with E-state index in [1.807, 2.05) is 12.1 Å². The van der Waals surface area contributed by atoms with Gasteiger partial charge in [-0.2, -0.15) is 15.0 Å². The summed E-state index contributed by atoms with van der Waals surface area (Å²) >= 11 is 0. The third-order valence-corrected chi connectivity index (χ3v) is 8.44. The lowest BCUT2D eigenvalue weighted by Gasteiger charge is -2.38. The summed E-state index contributed by atoms with van der Waals surface area (Å²) in [5, 5.41) is 12.0. The second-order valence-electron chi connectivity index (χ2n) is 11.1. The molecule has 0 saturated carbocycles. The van der Waals surface area contributed by atoms with E-state index in [1.165, 1.54) is 16.9 Å². The van der Waals surface area contributed by atoms with Crippen molar-refractivity contribution < 1.29 is 19.0 Å². The van der Waals surface area contributed by atoms with Crippen LogP contribution >= 0.6 is 0 Å². The number of carbonyl (C=O) groups is 1. The Labute approximate surface area is 241 Å². The van der Waals surface area contributed by atoms with Crippen LogP contribution in [0, 0.1) is 5.92 Å². The van der Waals surface area contributed by atoms with Crippen LogP contribution in [0.5, 0.6) is 5.75 Å². The maximum atomic E-state index is 10.6. The highest BCUT2D eigenvalue weighted by atomic mass is 16.8. The van der Waals surface area contributed by atoms with Crippen LogP contribution in [0.15, 0.2) is 60.9 Å². The van der Waals surface area contributed by atoms with Crippen molar-refractivity contribution in [1.29, 1.82) is 0 Å². The molecule has 3 saturated heterocycles. The second kappa shape index (κ2) is 13.0. The molecule has 0 radical (unpaired) electrons. The third kappa shape index (κ3) is 6.72. The molecule has 41 heavy (non-hydrogen) atoms. The summed E-state index contributed by atoms with van der Waals surface area (Å²) in [6.07, 6.45) is 7.59. The highest BCUT2D eigenvalue weighted by molar-refractivity contribution is 5.54. The minimum absolute atomic E-state index is 0.146. The Balaban J connectivity index is 0.989. The van der Waals surface area contributed by atoms with Crippen molar-refractivity contribution in [3.8, 4) is 5.75 Å². The van der Waals surface area contributed by atoms with Gasteiger partial charge in [0.15, 0.2) is 5.79 Å².